The van der Waals surface area contributed by atoms with Gasteiger partial charge in [0.1, 0.15) is 17.9 Å². The molecule has 0 saturated heterocycles. The third-order valence-electron chi connectivity index (χ3n) is 2.34. The van der Waals surface area contributed by atoms with Crippen molar-refractivity contribution in [3.05, 3.63) is 42.0 Å². The smallest absolute Gasteiger partial charge is 0.339 e. The fourth-order valence-electron chi connectivity index (χ4n) is 1.47. The normalized spacial score (nSPS) is 10.3. The zero-order valence-corrected chi connectivity index (χ0v) is 10.1. The summed E-state index contributed by atoms with van der Waals surface area (Å²) in [6, 6.07) is 6.52. The highest BCUT2D eigenvalue weighted by Gasteiger charge is 2.09. The second kappa shape index (κ2) is 6.50. The molecule has 7 nitrogen and oxygen atoms in total. The SMILES string of the molecule is O=C(O)c1ccccc1OCCNCc1ncon1. The van der Waals surface area contributed by atoms with E-state index in [1.165, 1.54) is 12.5 Å². The van der Waals surface area contributed by atoms with Crippen molar-refractivity contribution in [2.45, 2.75) is 6.54 Å². The Balaban J connectivity index is 1.75. The van der Waals surface area contributed by atoms with Gasteiger partial charge in [0.05, 0.1) is 6.54 Å². The molecule has 1 heterocycles. The fraction of sp³-hybridized carbons (Fsp3) is 0.250. The number of hydrogen-bond acceptors (Lipinski definition) is 6. The van der Waals surface area contributed by atoms with E-state index in [1.54, 1.807) is 18.2 Å². The summed E-state index contributed by atoms with van der Waals surface area (Å²) in [4.78, 5) is 14.8. The molecule has 0 spiro atoms. The van der Waals surface area contributed by atoms with Crippen molar-refractivity contribution in [1.82, 2.24) is 15.5 Å². The maximum Gasteiger partial charge on any atom is 0.339 e. The van der Waals surface area contributed by atoms with E-state index in [0.717, 1.165) is 0 Å². The number of carboxylic acid groups (broad SMARTS) is 1. The second-order valence-corrected chi connectivity index (χ2v) is 3.67. The monoisotopic (exact) mass is 263 g/mol. The van der Waals surface area contributed by atoms with Crippen LogP contribution in [0.1, 0.15) is 16.2 Å². The molecular formula is C12H13N3O4. The molecule has 2 N–H and O–H groups in total. The molecule has 0 atom stereocenters. The second-order valence-electron chi connectivity index (χ2n) is 3.67. The predicted molar refractivity (Wildman–Crippen MR) is 64.9 cm³/mol. The average molecular weight is 263 g/mol. The molecule has 2 rings (SSSR count). The summed E-state index contributed by atoms with van der Waals surface area (Å²) in [5, 5.41) is 15.7. The minimum Gasteiger partial charge on any atom is -0.491 e. The van der Waals surface area contributed by atoms with Gasteiger partial charge in [0.15, 0.2) is 5.82 Å². The van der Waals surface area contributed by atoms with Gasteiger partial charge < -0.3 is 19.7 Å². The molecule has 0 aliphatic rings. The summed E-state index contributed by atoms with van der Waals surface area (Å²) < 4.78 is 10.00. The first kappa shape index (κ1) is 13.0. The molecule has 0 aliphatic carbocycles. The van der Waals surface area contributed by atoms with Crippen molar-refractivity contribution in [3.8, 4) is 5.75 Å². The van der Waals surface area contributed by atoms with Crippen molar-refractivity contribution in [2.24, 2.45) is 0 Å². The number of nitrogens with zero attached hydrogens (tertiary/aromatic N) is 2. The van der Waals surface area contributed by atoms with Crippen LogP contribution in [0.5, 0.6) is 5.75 Å². The van der Waals surface area contributed by atoms with E-state index >= 15 is 0 Å². The van der Waals surface area contributed by atoms with Crippen LogP contribution in [0.2, 0.25) is 0 Å². The largest absolute Gasteiger partial charge is 0.491 e. The predicted octanol–water partition coefficient (Wildman–Crippen LogP) is 0.936. The van der Waals surface area contributed by atoms with Gasteiger partial charge in [-0.05, 0) is 12.1 Å². The Labute approximate surface area is 109 Å². The third-order valence-corrected chi connectivity index (χ3v) is 2.34. The highest BCUT2D eigenvalue weighted by atomic mass is 16.5. The molecule has 0 aliphatic heterocycles. The Morgan fingerprint density at radius 1 is 1.42 bits per heavy atom. The number of hydrogen-bond donors (Lipinski definition) is 2. The van der Waals surface area contributed by atoms with Gasteiger partial charge in [0.2, 0.25) is 6.39 Å². The number of carbonyl (C=O) groups is 1. The molecule has 0 bridgehead atoms. The molecule has 2 aromatic rings. The topological polar surface area (TPSA) is 97.5 Å². The van der Waals surface area contributed by atoms with E-state index in [0.29, 0.717) is 31.3 Å². The number of benzene rings is 1. The lowest BCUT2D eigenvalue weighted by Crippen LogP contribution is -2.21. The summed E-state index contributed by atoms with van der Waals surface area (Å²) in [5.74, 6) is -0.0855. The Bertz CT molecular complexity index is 528. The van der Waals surface area contributed by atoms with Crippen LogP contribution in [-0.4, -0.2) is 34.4 Å². The summed E-state index contributed by atoms with van der Waals surface area (Å²) in [6.45, 7) is 1.37. The zero-order chi connectivity index (χ0) is 13.5. The summed E-state index contributed by atoms with van der Waals surface area (Å²) in [6.07, 6.45) is 1.26. The lowest BCUT2D eigenvalue weighted by Gasteiger charge is -2.08. The van der Waals surface area contributed by atoms with Gasteiger partial charge in [0.25, 0.3) is 0 Å². The van der Waals surface area contributed by atoms with Gasteiger partial charge in [-0.2, -0.15) is 4.98 Å². The molecule has 0 amide bonds. The van der Waals surface area contributed by atoms with Crippen molar-refractivity contribution in [3.63, 3.8) is 0 Å². The minimum atomic E-state index is -1.00. The van der Waals surface area contributed by atoms with E-state index in [9.17, 15) is 4.79 Å². The van der Waals surface area contributed by atoms with Crippen molar-refractivity contribution < 1.29 is 19.2 Å². The van der Waals surface area contributed by atoms with Gasteiger partial charge in [0, 0.05) is 6.54 Å². The van der Waals surface area contributed by atoms with Crippen molar-refractivity contribution in [2.75, 3.05) is 13.2 Å². The van der Waals surface area contributed by atoms with Crippen molar-refractivity contribution in [1.29, 1.82) is 0 Å². The van der Waals surface area contributed by atoms with Crippen LogP contribution < -0.4 is 10.1 Å². The van der Waals surface area contributed by atoms with Gasteiger partial charge in [-0.3, -0.25) is 0 Å². The number of para-hydroxylation sites is 1. The fourth-order valence-corrected chi connectivity index (χ4v) is 1.47. The Morgan fingerprint density at radius 2 is 2.26 bits per heavy atom. The Hall–Kier alpha value is -2.41. The molecule has 1 aromatic heterocycles. The van der Waals surface area contributed by atoms with Crippen LogP contribution in [0.4, 0.5) is 0 Å². The molecule has 19 heavy (non-hydrogen) atoms. The molecule has 0 saturated carbocycles. The Kier molecular flexibility index (Phi) is 4.46. The first-order valence-electron chi connectivity index (χ1n) is 5.68. The Morgan fingerprint density at radius 3 is 3.00 bits per heavy atom. The van der Waals surface area contributed by atoms with E-state index in [4.69, 9.17) is 9.84 Å². The van der Waals surface area contributed by atoms with Gasteiger partial charge >= 0.3 is 5.97 Å². The molecular weight excluding hydrogens is 250 g/mol. The van der Waals surface area contributed by atoms with E-state index < -0.39 is 5.97 Å². The van der Waals surface area contributed by atoms with E-state index in [-0.39, 0.29) is 5.56 Å². The average Bonchev–Trinajstić information content (AvgIpc) is 2.92. The lowest BCUT2D eigenvalue weighted by molar-refractivity contribution is 0.0692. The molecule has 7 heteroatoms. The first-order chi connectivity index (χ1) is 9.27. The standard InChI is InChI=1S/C12H13N3O4/c16-12(17)9-3-1-2-4-10(9)18-6-5-13-7-11-14-8-19-15-11/h1-4,8,13H,5-7H2,(H,16,17). The van der Waals surface area contributed by atoms with Gasteiger partial charge in [-0.1, -0.05) is 17.3 Å². The van der Waals surface area contributed by atoms with Crippen molar-refractivity contribution >= 4 is 5.97 Å². The molecule has 0 radical (unpaired) electrons. The number of ether oxygens (including phenoxy) is 1. The van der Waals surface area contributed by atoms with Crippen LogP contribution in [0.15, 0.2) is 35.2 Å². The van der Waals surface area contributed by atoms with Crippen LogP contribution in [-0.2, 0) is 6.54 Å². The lowest BCUT2D eigenvalue weighted by atomic mass is 10.2. The van der Waals surface area contributed by atoms with Crippen LogP contribution in [0, 0.1) is 0 Å². The summed E-state index contributed by atoms with van der Waals surface area (Å²) in [7, 11) is 0. The van der Waals surface area contributed by atoms with Crippen LogP contribution in [0.25, 0.3) is 0 Å². The zero-order valence-electron chi connectivity index (χ0n) is 10.1. The number of nitrogens with one attached hydrogen (secondary N) is 1. The number of aromatic nitrogens is 2. The number of rotatable bonds is 7. The minimum absolute atomic E-state index is 0.153. The highest BCUT2D eigenvalue weighted by Crippen LogP contribution is 2.17. The van der Waals surface area contributed by atoms with Gasteiger partial charge in [-0.15, -0.1) is 0 Å². The maximum atomic E-state index is 10.9. The molecule has 1 aromatic carbocycles. The third kappa shape index (κ3) is 3.78. The first-order valence-corrected chi connectivity index (χ1v) is 5.68. The highest BCUT2D eigenvalue weighted by molar-refractivity contribution is 5.90. The number of aromatic carboxylic acids is 1. The van der Waals surface area contributed by atoms with Crippen LogP contribution in [0.3, 0.4) is 0 Å². The maximum absolute atomic E-state index is 10.9. The van der Waals surface area contributed by atoms with E-state index in [1.807, 2.05) is 0 Å². The molecule has 0 fully saturated rings. The van der Waals surface area contributed by atoms with E-state index in [2.05, 4.69) is 20.0 Å². The molecule has 100 valence electrons. The molecule has 0 unspecified atom stereocenters. The van der Waals surface area contributed by atoms with Gasteiger partial charge in [-0.25, -0.2) is 4.79 Å². The van der Waals surface area contributed by atoms with Crippen LogP contribution >= 0.6 is 0 Å². The summed E-state index contributed by atoms with van der Waals surface area (Å²) >= 11 is 0. The number of carboxylic acids is 1. The quantitative estimate of drug-likeness (QED) is 0.717. The summed E-state index contributed by atoms with van der Waals surface area (Å²) in [5.41, 5.74) is 0.153.